The molecule has 0 spiro atoms. The van der Waals surface area contributed by atoms with Gasteiger partial charge < -0.3 is 4.74 Å². The number of rotatable bonds is 6. The van der Waals surface area contributed by atoms with E-state index in [0.29, 0.717) is 5.92 Å². The number of alkyl halides is 1. The fourth-order valence-corrected chi connectivity index (χ4v) is 3.22. The van der Waals surface area contributed by atoms with Gasteiger partial charge in [-0.25, -0.2) is 0 Å². The SMILES string of the molecule is CCCC(C)COC1(CBr)CCC(C)CC1. The van der Waals surface area contributed by atoms with Crippen LogP contribution in [0.3, 0.4) is 0 Å². The van der Waals surface area contributed by atoms with Crippen molar-refractivity contribution < 1.29 is 4.74 Å². The van der Waals surface area contributed by atoms with Crippen molar-refractivity contribution >= 4 is 15.9 Å². The molecule has 1 fully saturated rings. The van der Waals surface area contributed by atoms with Crippen LogP contribution in [0.25, 0.3) is 0 Å². The first-order chi connectivity index (χ1) is 7.62. The highest BCUT2D eigenvalue weighted by atomic mass is 79.9. The maximum absolute atomic E-state index is 6.24. The van der Waals surface area contributed by atoms with Gasteiger partial charge in [0.05, 0.1) is 5.60 Å². The maximum atomic E-state index is 6.24. The van der Waals surface area contributed by atoms with Crippen LogP contribution in [-0.4, -0.2) is 17.5 Å². The van der Waals surface area contributed by atoms with Crippen molar-refractivity contribution in [3.8, 4) is 0 Å². The molecule has 0 aliphatic heterocycles. The highest BCUT2D eigenvalue weighted by Gasteiger charge is 2.34. The van der Waals surface area contributed by atoms with E-state index in [-0.39, 0.29) is 5.60 Å². The Bertz CT molecular complexity index is 185. The Hall–Kier alpha value is 0.440. The Kier molecular flexibility index (Phi) is 6.35. The monoisotopic (exact) mass is 290 g/mol. The molecule has 1 saturated carbocycles. The quantitative estimate of drug-likeness (QED) is 0.640. The smallest absolute Gasteiger partial charge is 0.0779 e. The summed E-state index contributed by atoms with van der Waals surface area (Å²) in [5.74, 6) is 1.60. The minimum absolute atomic E-state index is 0.147. The Morgan fingerprint density at radius 2 is 2.00 bits per heavy atom. The molecule has 1 aliphatic rings. The van der Waals surface area contributed by atoms with Crippen LogP contribution in [0.5, 0.6) is 0 Å². The molecule has 1 aliphatic carbocycles. The average Bonchev–Trinajstić information content (AvgIpc) is 2.30. The molecule has 0 amide bonds. The van der Waals surface area contributed by atoms with Gasteiger partial charge in [-0.05, 0) is 43.9 Å². The van der Waals surface area contributed by atoms with Gasteiger partial charge in [0.2, 0.25) is 0 Å². The lowest BCUT2D eigenvalue weighted by atomic mass is 9.80. The van der Waals surface area contributed by atoms with Crippen LogP contribution >= 0.6 is 15.9 Å². The van der Waals surface area contributed by atoms with Gasteiger partial charge in [-0.1, -0.05) is 43.1 Å². The lowest BCUT2D eigenvalue weighted by Gasteiger charge is -2.38. The van der Waals surface area contributed by atoms with Crippen molar-refractivity contribution in [1.82, 2.24) is 0 Å². The summed E-state index contributed by atoms with van der Waals surface area (Å²) in [5, 5.41) is 1.01. The van der Waals surface area contributed by atoms with E-state index >= 15 is 0 Å². The normalized spacial score (nSPS) is 32.6. The molecular weight excluding hydrogens is 264 g/mol. The van der Waals surface area contributed by atoms with Crippen molar-refractivity contribution in [1.29, 1.82) is 0 Å². The number of hydrogen-bond donors (Lipinski definition) is 0. The zero-order valence-electron chi connectivity index (χ0n) is 11.1. The van der Waals surface area contributed by atoms with Crippen LogP contribution in [0, 0.1) is 11.8 Å². The summed E-state index contributed by atoms with van der Waals surface area (Å²) in [6.45, 7) is 7.85. The highest BCUT2D eigenvalue weighted by Crippen LogP contribution is 2.36. The van der Waals surface area contributed by atoms with Crippen molar-refractivity contribution in [2.24, 2.45) is 11.8 Å². The van der Waals surface area contributed by atoms with Gasteiger partial charge in [-0.15, -0.1) is 0 Å². The number of halogens is 1. The maximum Gasteiger partial charge on any atom is 0.0779 e. The zero-order valence-corrected chi connectivity index (χ0v) is 12.7. The average molecular weight is 291 g/mol. The van der Waals surface area contributed by atoms with Crippen LogP contribution in [0.15, 0.2) is 0 Å². The van der Waals surface area contributed by atoms with Gasteiger partial charge in [0, 0.05) is 11.9 Å². The molecule has 16 heavy (non-hydrogen) atoms. The third kappa shape index (κ3) is 4.37. The predicted octanol–water partition coefficient (Wildman–Crippen LogP) is 4.78. The van der Waals surface area contributed by atoms with E-state index in [1.807, 2.05) is 0 Å². The first kappa shape index (κ1) is 14.5. The van der Waals surface area contributed by atoms with E-state index in [2.05, 4.69) is 36.7 Å². The lowest BCUT2D eigenvalue weighted by Crippen LogP contribution is -2.39. The second-order valence-electron chi connectivity index (χ2n) is 5.70. The first-order valence-electron chi connectivity index (χ1n) is 6.82. The van der Waals surface area contributed by atoms with Crippen molar-refractivity contribution in [3.63, 3.8) is 0 Å². The van der Waals surface area contributed by atoms with Crippen LogP contribution in [0.4, 0.5) is 0 Å². The van der Waals surface area contributed by atoms with E-state index < -0.39 is 0 Å². The third-order valence-corrected chi connectivity index (χ3v) is 4.91. The molecule has 1 rings (SSSR count). The predicted molar refractivity (Wildman–Crippen MR) is 74.2 cm³/mol. The summed E-state index contributed by atoms with van der Waals surface area (Å²) < 4.78 is 6.24. The second-order valence-corrected chi connectivity index (χ2v) is 6.26. The number of hydrogen-bond acceptors (Lipinski definition) is 1. The summed E-state index contributed by atoms with van der Waals surface area (Å²) in [6, 6.07) is 0. The second kappa shape index (κ2) is 7.00. The van der Waals surface area contributed by atoms with Crippen molar-refractivity contribution in [2.75, 3.05) is 11.9 Å². The molecule has 0 bridgehead atoms. The van der Waals surface area contributed by atoms with Crippen LogP contribution < -0.4 is 0 Å². The highest BCUT2D eigenvalue weighted by molar-refractivity contribution is 9.09. The fourth-order valence-electron chi connectivity index (χ4n) is 2.50. The molecule has 0 radical (unpaired) electrons. The standard InChI is InChI=1S/C14H27BrO/c1-4-5-13(3)10-16-14(11-15)8-6-12(2)7-9-14/h12-13H,4-11H2,1-3H3. The molecular formula is C14H27BrO. The van der Waals surface area contributed by atoms with Crippen LogP contribution in [-0.2, 0) is 4.74 Å². The summed E-state index contributed by atoms with van der Waals surface area (Å²) in [5.41, 5.74) is 0.147. The topological polar surface area (TPSA) is 9.23 Å². The Morgan fingerprint density at radius 3 is 2.50 bits per heavy atom. The Labute approximate surface area is 109 Å². The molecule has 1 nitrogen and oxygen atoms in total. The first-order valence-corrected chi connectivity index (χ1v) is 7.94. The zero-order chi connectivity index (χ0) is 12.0. The van der Waals surface area contributed by atoms with Gasteiger partial charge in [0.15, 0.2) is 0 Å². The molecule has 1 atom stereocenters. The molecule has 0 heterocycles. The summed E-state index contributed by atoms with van der Waals surface area (Å²) in [4.78, 5) is 0. The van der Waals surface area contributed by atoms with Gasteiger partial charge >= 0.3 is 0 Å². The van der Waals surface area contributed by atoms with E-state index in [1.165, 1.54) is 38.5 Å². The van der Waals surface area contributed by atoms with Gasteiger partial charge in [0.25, 0.3) is 0 Å². The molecule has 0 aromatic rings. The molecule has 1 unspecified atom stereocenters. The molecule has 2 heteroatoms. The fraction of sp³-hybridized carbons (Fsp3) is 1.00. The van der Waals surface area contributed by atoms with E-state index in [9.17, 15) is 0 Å². The van der Waals surface area contributed by atoms with Gasteiger partial charge in [-0.3, -0.25) is 0 Å². The van der Waals surface area contributed by atoms with E-state index in [4.69, 9.17) is 4.74 Å². The third-order valence-electron chi connectivity index (χ3n) is 3.88. The molecule has 96 valence electrons. The molecule has 0 N–H and O–H groups in total. The van der Waals surface area contributed by atoms with Crippen LogP contribution in [0.2, 0.25) is 0 Å². The van der Waals surface area contributed by atoms with Crippen molar-refractivity contribution in [2.45, 2.75) is 64.9 Å². The minimum Gasteiger partial charge on any atom is -0.374 e. The summed E-state index contributed by atoms with van der Waals surface area (Å²) in [6.07, 6.45) is 7.68. The molecule has 0 aromatic heterocycles. The largest absolute Gasteiger partial charge is 0.374 e. The number of ether oxygens (including phenoxy) is 1. The Balaban J connectivity index is 2.36. The Morgan fingerprint density at radius 1 is 1.38 bits per heavy atom. The van der Waals surface area contributed by atoms with E-state index in [1.54, 1.807) is 0 Å². The summed E-state index contributed by atoms with van der Waals surface area (Å²) in [7, 11) is 0. The molecule has 0 aromatic carbocycles. The van der Waals surface area contributed by atoms with Gasteiger partial charge in [-0.2, -0.15) is 0 Å². The summed E-state index contributed by atoms with van der Waals surface area (Å²) >= 11 is 3.65. The minimum atomic E-state index is 0.147. The van der Waals surface area contributed by atoms with E-state index in [0.717, 1.165) is 17.9 Å². The lowest BCUT2D eigenvalue weighted by molar-refractivity contribution is -0.0712. The van der Waals surface area contributed by atoms with Crippen LogP contribution in [0.1, 0.15) is 59.3 Å². The van der Waals surface area contributed by atoms with Crippen molar-refractivity contribution in [3.05, 3.63) is 0 Å². The molecule has 0 saturated heterocycles. The van der Waals surface area contributed by atoms with Gasteiger partial charge in [0.1, 0.15) is 0 Å².